The van der Waals surface area contributed by atoms with Crippen molar-refractivity contribution >= 4 is 22.1 Å². The van der Waals surface area contributed by atoms with Crippen LogP contribution in [0, 0.1) is 11.6 Å². The Balaban J connectivity index is 1.88. The van der Waals surface area contributed by atoms with E-state index >= 15 is 0 Å². The molecule has 0 spiro atoms. The number of pyridine rings is 1. The molecule has 0 atom stereocenters. The normalized spacial score (nSPS) is 11.4. The minimum atomic E-state index is -0.514. The topological polar surface area (TPSA) is 55.1 Å². The number of anilines is 1. The van der Waals surface area contributed by atoms with E-state index in [2.05, 4.69) is 20.5 Å². The van der Waals surface area contributed by atoms with E-state index in [0.29, 0.717) is 11.2 Å². The first-order chi connectivity index (χ1) is 12.5. The molecular formula is C18H15F2N5S. The lowest BCUT2D eigenvalue weighted by molar-refractivity contribution is 0.603. The molecule has 4 rings (SSSR count). The van der Waals surface area contributed by atoms with Crippen LogP contribution in [0.1, 0.15) is 13.8 Å². The lowest BCUT2D eigenvalue weighted by atomic mass is 10.0. The maximum absolute atomic E-state index is 14.3. The van der Waals surface area contributed by atoms with Gasteiger partial charge in [0.05, 0.1) is 4.88 Å². The largest absolute Gasteiger partial charge is 0.359 e. The van der Waals surface area contributed by atoms with Gasteiger partial charge < -0.3 is 5.32 Å². The molecule has 132 valence electrons. The molecule has 0 bridgehead atoms. The third-order valence-electron chi connectivity index (χ3n) is 3.81. The van der Waals surface area contributed by atoms with Crippen LogP contribution in [0.25, 0.3) is 27.2 Å². The summed E-state index contributed by atoms with van der Waals surface area (Å²) in [6.45, 7) is 4.07. The zero-order valence-electron chi connectivity index (χ0n) is 14.1. The molecule has 0 unspecified atom stereocenters. The molecule has 0 saturated carbocycles. The molecule has 8 heteroatoms. The fourth-order valence-corrected chi connectivity index (χ4v) is 3.64. The Morgan fingerprint density at radius 1 is 1.15 bits per heavy atom. The van der Waals surface area contributed by atoms with Crippen LogP contribution in [0.4, 0.5) is 13.9 Å². The molecule has 4 aromatic rings. The number of nitrogens with one attached hydrogen (secondary N) is 1. The van der Waals surface area contributed by atoms with Gasteiger partial charge in [0.25, 0.3) is 0 Å². The minimum absolute atomic E-state index is 0.148. The Kier molecular flexibility index (Phi) is 4.12. The van der Waals surface area contributed by atoms with Gasteiger partial charge in [-0.05, 0) is 38.1 Å². The molecule has 0 aliphatic rings. The number of aromatic nitrogens is 4. The van der Waals surface area contributed by atoms with Gasteiger partial charge in [-0.2, -0.15) is 0 Å². The predicted molar refractivity (Wildman–Crippen MR) is 98.2 cm³/mol. The van der Waals surface area contributed by atoms with Crippen LogP contribution < -0.4 is 5.32 Å². The van der Waals surface area contributed by atoms with Crippen molar-refractivity contribution < 1.29 is 8.78 Å². The standard InChI is InChI=1S/C18H15F2N5S/c1-10(2)23-18-21-7-16(26-18)11-5-14(17-24-22-9-25(17)8-11)13-6-12(19)3-4-15(13)20/h3-10H,1-2H3,(H,21,23). The van der Waals surface area contributed by atoms with E-state index in [9.17, 15) is 8.78 Å². The number of hydrogen-bond donors (Lipinski definition) is 1. The van der Waals surface area contributed by atoms with Crippen molar-refractivity contribution in [2.24, 2.45) is 0 Å². The van der Waals surface area contributed by atoms with E-state index in [-0.39, 0.29) is 11.6 Å². The van der Waals surface area contributed by atoms with Gasteiger partial charge in [-0.25, -0.2) is 13.8 Å². The maximum atomic E-state index is 14.3. The summed E-state index contributed by atoms with van der Waals surface area (Å²) in [4.78, 5) is 5.27. The summed E-state index contributed by atoms with van der Waals surface area (Å²) >= 11 is 1.49. The first-order valence-corrected chi connectivity index (χ1v) is 8.84. The maximum Gasteiger partial charge on any atom is 0.183 e. The molecule has 0 amide bonds. The second-order valence-corrected chi connectivity index (χ2v) is 7.19. The second kappa shape index (κ2) is 6.45. The van der Waals surface area contributed by atoms with Gasteiger partial charge in [0.2, 0.25) is 0 Å². The average Bonchev–Trinajstić information content (AvgIpc) is 3.24. The van der Waals surface area contributed by atoms with Gasteiger partial charge in [0.1, 0.15) is 18.0 Å². The molecule has 1 aromatic carbocycles. The van der Waals surface area contributed by atoms with E-state index in [1.807, 2.05) is 20.0 Å². The molecular weight excluding hydrogens is 356 g/mol. The first kappa shape index (κ1) is 16.6. The van der Waals surface area contributed by atoms with E-state index in [1.54, 1.807) is 16.7 Å². The summed E-state index contributed by atoms with van der Waals surface area (Å²) in [5.74, 6) is -1.02. The number of nitrogens with zero attached hydrogens (tertiary/aromatic N) is 4. The summed E-state index contributed by atoms with van der Waals surface area (Å²) < 4.78 is 29.7. The van der Waals surface area contributed by atoms with Gasteiger partial charge in [-0.15, -0.1) is 10.2 Å². The molecule has 3 aromatic heterocycles. The summed E-state index contributed by atoms with van der Waals surface area (Å²) in [6, 6.07) is 5.43. The molecule has 0 saturated heterocycles. The highest BCUT2D eigenvalue weighted by Gasteiger charge is 2.15. The highest BCUT2D eigenvalue weighted by molar-refractivity contribution is 7.18. The van der Waals surface area contributed by atoms with Crippen LogP contribution in [-0.2, 0) is 0 Å². The van der Waals surface area contributed by atoms with E-state index in [1.165, 1.54) is 23.7 Å². The van der Waals surface area contributed by atoms with Crippen LogP contribution in [-0.4, -0.2) is 25.6 Å². The molecule has 0 aliphatic heterocycles. The fraction of sp³-hybridized carbons (Fsp3) is 0.167. The van der Waals surface area contributed by atoms with Crippen LogP contribution in [0.15, 0.2) is 43.0 Å². The molecule has 0 aliphatic carbocycles. The second-order valence-electron chi connectivity index (χ2n) is 6.16. The number of thiazole rings is 1. The van der Waals surface area contributed by atoms with Crippen molar-refractivity contribution in [1.29, 1.82) is 0 Å². The van der Waals surface area contributed by atoms with E-state index in [0.717, 1.165) is 27.7 Å². The van der Waals surface area contributed by atoms with Crippen molar-refractivity contribution in [2.45, 2.75) is 19.9 Å². The molecule has 1 N–H and O–H groups in total. The van der Waals surface area contributed by atoms with Gasteiger partial charge in [-0.1, -0.05) is 11.3 Å². The van der Waals surface area contributed by atoms with E-state index < -0.39 is 11.6 Å². The molecule has 0 radical (unpaired) electrons. The van der Waals surface area contributed by atoms with Crippen molar-refractivity contribution in [2.75, 3.05) is 5.32 Å². The molecule has 5 nitrogen and oxygen atoms in total. The Bertz CT molecular complexity index is 1090. The van der Waals surface area contributed by atoms with Crippen molar-refractivity contribution in [3.05, 3.63) is 54.6 Å². The van der Waals surface area contributed by atoms with Gasteiger partial charge in [0.15, 0.2) is 10.8 Å². The van der Waals surface area contributed by atoms with Crippen LogP contribution >= 0.6 is 11.3 Å². The first-order valence-electron chi connectivity index (χ1n) is 8.03. The molecule has 0 fully saturated rings. The van der Waals surface area contributed by atoms with Crippen LogP contribution in [0.3, 0.4) is 0 Å². The number of fused-ring (bicyclic) bond motifs is 1. The Morgan fingerprint density at radius 3 is 2.81 bits per heavy atom. The third-order valence-corrected chi connectivity index (χ3v) is 4.79. The summed E-state index contributed by atoms with van der Waals surface area (Å²) in [5.41, 5.74) is 1.91. The monoisotopic (exact) mass is 371 g/mol. The number of benzene rings is 1. The quantitative estimate of drug-likeness (QED) is 0.569. The Hall–Kier alpha value is -2.87. The summed E-state index contributed by atoms with van der Waals surface area (Å²) in [7, 11) is 0. The number of halogens is 2. The average molecular weight is 371 g/mol. The van der Waals surface area contributed by atoms with Crippen molar-refractivity contribution in [1.82, 2.24) is 19.6 Å². The third kappa shape index (κ3) is 3.03. The minimum Gasteiger partial charge on any atom is -0.359 e. The Morgan fingerprint density at radius 2 is 2.00 bits per heavy atom. The predicted octanol–water partition coefficient (Wildman–Crippen LogP) is 4.62. The lowest BCUT2D eigenvalue weighted by Crippen LogP contribution is -2.08. The molecule has 26 heavy (non-hydrogen) atoms. The van der Waals surface area contributed by atoms with Crippen molar-refractivity contribution in [3.63, 3.8) is 0 Å². The lowest BCUT2D eigenvalue weighted by Gasteiger charge is -2.08. The highest BCUT2D eigenvalue weighted by Crippen LogP contribution is 2.34. The van der Waals surface area contributed by atoms with Crippen LogP contribution in [0.5, 0.6) is 0 Å². The molecule has 3 heterocycles. The smallest absolute Gasteiger partial charge is 0.183 e. The van der Waals surface area contributed by atoms with Gasteiger partial charge in [0, 0.05) is 35.1 Å². The van der Waals surface area contributed by atoms with Gasteiger partial charge >= 0.3 is 0 Å². The number of hydrogen-bond acceptors (Lipinski definition) is 5. The van der Waals surface area contributed by atoms with Gasteiger partial charge in [-0.3, -0.25) is 4.40 Å². The fourth-order valence-electron chi connectivity index (χ4n) is 2.70. The summed E-state index contributed by atoms with van der Waals surface area (Å²) in [6.07, 6.45) is 5.14. The SMILES string of the molecule is CC(C)Nc1ncc(-c2cc(-c3cc(F)ccc3F)c3nncn3c2)s1. The van der Waals surface area contributed by atoms with E-state index in [4.69, 9.17) is 0 Å². The summed E-state index contributed by atoms with van der Waals surface area (Å²) in [5, 5.41) is 12.0. The zero-order valence-corrected chi connectivity index (χ0v) is 14.9. The number of rotatable bonds is 4. The van der Waals surface area contributed by atoms with Crippen molar-refractivity contribution in [3.8, 4) is 21.6 Å². The van der Waals surface area contributed by atoms with Crippen LogP contribution in [0.2, 0.25) is 0 Å². The Labute approximate surface area is 152 Å². The highest BCUT2D eigenvalue weighted by atomic mass is 32.1. The zero-order chi connectivity index (χ0) is 18.3.